The Balaban J connectivity index is 1.65. The van der Waals surface area contributed by atoms with Crippen molar-refractivity contribution in [2.45, 2.75) is 19.0 Å². The molecule has 1 aliphatic heterocycles. The van der Waals surface area contributed by atoms with Crippen LogP contribution in [0.3, 0.4) is 0 Å². The molecule has 0 bridgehead atoms. The Hall–Kier alpha value is -2.64. The molecule has 0 saturated carbocycles. The SMILES string of the molecule is N=c1sccn1CC(=O)N1N=C(c2ccc(Cl)cc2)C[C@@H]1c1ccco1. The summed E-state index contributed by atoms with van der Waals surface area (Å²) in [4.78, 5) is 13.2. The normalized spacial score (nSPS) is 16.7. The standard InChI is InChI=1S/C18H15ClN4O2S/c19-13-5-3-12(4-6-13)14-10-15(16-2-1-8-25-16)23(21-14)17(24)11-22-7-9-26-18(22)20/h1-9,15,20H,10-11H2/t15-/m1/s1. The van der Waals surface area contributed by atoms with E-state index in [2.05, 4.69) is 5.10 Å². The van der Waals surface area contributed by atoms with Gasteiger partial charge in [-0.05, 0) is 29.8 Å². The lowest BCUT2D eigenvalue weighted by Crippen LogP contribution is -2.32. The number of furan rings is 1. The van der Waals surface area contributed by atoms with Crippen molar-refractivity contribution in [3.8, 4) is 0 Å². The number of aromatic nitrogens is 1. The van der Waals surface area contributed by atoms with Crippen LogP contribution in [0.5, 0.6) is 0 Å². The number of carbonyl (C=O) groups excluding carboxylic acids is 1. The maximum absolute atomic E-state index is 12.9. The van der Waals surface area contributed by atoms with Gasteiger partial charge in [0.2, 0.25) is 0 Å². The lowest BCUT2D eigenvalue weighted by atomic mass is 10.0. The molecular formula is C18H15ClN4O2S. The van der Waals surface area contributed by atoms with Gasteiger partial charge in [-0.3, -0.25) is 10.2 Å². The summed E-state index contributed by atoms with van der Waals surface area (Å²) < 4.78 is 7.13. The Labute approximate surface area is 158 Å². The predicted molar refractivity (Wildman–Crippen MR) is 99.1 cm³/mol. The second kappa shape index (κ2) is 6.93. The van der Waals surface area contributed by atoms with Gasteiger partial charge in [0, 0.05) is 23.0 Å². The molecule has 0 unspecified atom stereocenters. The highest BCUT2D eigenvalue weighted by Gasteiger charge is 2.34. The van der Waals surface area contributed by atoms with Crippen molar-refractivity contribution in [2.24, 2.45) is 5.10 Å². The lowest BCUT2D eigenvalue weighted by molar-refractivity contribution is -0.134. The molecule has 3 aromatic rings. The molecule has 3 heterocycles. The molecule has 1 aliphatic rings. The highest BCUT2D eigenvalue weighted by atomic mass is 35.5. The molecule has 0 aliphatic carbocycles. The van der Waals surface area contributed by atoms with Crippen LogP contribution in [-0.4, -0.2) is 21.2 Å². The van der Waals surface area contributed by atoms with Gasteiger partial charge in [-0.25, -0.2) is 5.01 Å². The quantitative estimate of drug-likeness (QED) is 0.743. The number of amides is 1. The summed E-state index contributed by atoms with van der Waals surface area (Å²) in [6.45, 7) is 0.0664. The molecule has 8 heteroatoms. The summed E-state index contributed by atoms with van der Waals surface area (Å²) in [5.41, 5.74) is 1.73. The summed E-state index contributed by atoms with van der Waals surface area (Å²) in [6.07, 6.45) is 3.88. The minimum atomic E-state index is -0.295. The van der Waals surface area contributed by atoms with Gasteiger partial charge < -0.3 is 8.98 Å². The molecule has 0 saturated heterocycles. The largest absolute Gasteiger partial charge is 0.467 e. The van der Waals surface area contributed by atoms with Gasteiger partial charge in [0.15, 0.2) is 4.80 Å². The van der Waals surface area contributed by atoms with Gasteiger partial charge in [0.25, 0.3) is 5.91 Å². The van der Waals surface area contributed by atoms with E-state index in [1.165, 1.54) is 16.3 Å². The number of rotatable bonds is 4. The zero-order chi connectivity index (χ0) is 18.1. The molecule has 2 aromatic heterocycles. The molecule has 1 amide bonds. The average Bonchev–Trinajstić information content (AvgIpc) is 3.36. The molecular weight excluding hydrogens is 372 g/mol. The van der Waals surface area contributed by atoms with Crippen LogP contribution in [-0.2, 0) is 11.3 Å². The number of nitrogens with zero attached hydrogens (tertiary/aromatic N) is 3. The number of hydrogen-bond acceptors (Lipinski definition) is 5. The molecule has 1 atom stereocenters. The van der Waals surface area contributed by atoms with E-state index in [9.17, 15) is 4.79 Å². The Morgan fingerprint density at radius 2 is 2.15 bits per heavy atom. The first-order chi connectivity index (χ1) is 12.6. The van der Waals surface area contributed by atoms with E-state index in [0.717, 1.165) is 11.3 Å². The minimum absolute atomic E-state index is 0.0664. The van der Waals surface area contributed by atoms with Crippen LogP contribution in [0.4, 0.5) is 0 Å². The number of benzene rings is 1. The smallest absolute Gasteiger partial charge is 0.263 e. The number of thiazole rings is 1. The van der Waals surface area contributed by atoms with Crippen molar-refractivity contribution >= 4 is 34.6 Å². The van der Waals surface area contributed by atoms with Crippen LogP contribution >= 0.6 is 22.9 Å². The first-order valence-corrected chi connectivity index (χ1v) is 9.25. The third-order valence-corrected chi connectivity index (χ3v) is 5.17. The molecule has 6 nitrogen and oxygen atoms in total. The van der Waals surface area contributed by atoms with Gasteiger partial charge in [0.05, 0.1) is 12.0 Å². The summed E-state index contributed by atoms with van der Waals surface area (Å²) >= 11 is 7.24. The van der Waals surface area contributed by atoms with Gasteiger partial charge in [0.1, 0.15) is 18.3 Å². The molecule has 4 rings (SSSR count). The second-order valence-electron chi connectivity index (χ2n) is 5.86. The third-order valence-electron chi connectivity index (χ3n) is 4.20. The van der Waals surface area contributed by atoms with Gasteiger partial charge >= 0.3 is 0 Å². The molecule has 1 aromatic carbocycles. The second-order valence-corrected chi connectivity index (χ2v) is 7.19. The zero-order valence-corrected chi connectivity index (χ0v) is 15.2. The Kier molecular flexibility index (Phi) is 4.48. The van der Waals surface area contributed by atoms with Crippen molar-refractivity contribution in [3.63, 3.8) is 0 Å². The Morgan fingerprint density at radius 1 is 1.35 bits per heavy atom. The molecule has 0 fully saturated rings. The number of hydrazone groups is 1. The van der Waals surface area contributed by atoms with Crippen LogP contribution < -0.4 is 4.80 Å². The third kappa shape index (κ3) is 3.23. The maximum Gasteiger partial charge on any atom is 0.263 e. The fraction of sp³-hybridized carbons (Fsp3) is 0.167. The van der Waals surface area contributed by atoms with Crippen LogP contribution in [0.25, 0.3) is 0 Å². The van der Waals surface area contributed by atoms with E-state index in [0.29, 0.717) is 22.0 Å². The van der Waals surface area contributed by atoms with Gasteiger partial charge in [-0.2, -0.15) is 5.10 Å². The minimum Gasteiger partial charge on any atom is -0.467 e. The van der Waals surface area contributed by atoms with Crippen molar-refractivity contribution in [1.29, 1.82) is 5.41 Å². The molecule has 132 valence electrons. The number of hydrogen-bond donors (Lipinski definition) is 1. The van der Waals surface area contributed by atoms with E-state index in [1.807, 2.05) is 18.2 Å². The molecule has 1 N–H and O–H groups in total. The molecule has 0 spiro atoms. The van der Waals surface area contributed by atoms with Gasteiger partial charge in [-0.15, -0.1) is 11.3 Å². The monoisotopic (exact) mass is 386 g/mol. The first-order valence-electron chi connectivity index (χ1n) is 7.99. The van der Waals surface area contributed by atoms with Gasteiger partial charge in [-0.1, -0.05) is 23.7 Å². The van der Waals surface area contributed by atoms with E-state index < -0.39 is 0 Å². The maximum atomic E-state index is 12.9. The lowest BCUT2D eigenvalue weighted by Gasteiger charge is -2.20. The predicted octanol–water partition coefficient (Wildman–Crippen LogP) is 3.65. The van der Waals surface area contributed by atoms with Crippen molar-refractivity contribution < 1.29 is 9.21 Å². The van der Waals surface area contributed by atoms with Crippen LogP contribution in [0.1, 0.15) is 23.8 Å². The summed E-state index contributed by atoms with van der Waals surface area (Å²) in [5.74, 6) is 0.500. The highest BCUT2D eigenvalue weighted by molar-refractivity contribution is 7.06. The van der Waals surface area contributed by atoms with Crippen LogP contribution in [0, 0.1) is 5.41 Å². The average molecular weight is 387 g/mol. The molecule has 26 heavy (non-hydrogen) atoms. The van der Waals surface area contributed by atoms with Crippen molar-refractivity contribution in [1.82, 2.24) is 9.58 Å². The van der Waals surface area contributed by atoms with E-state index in [-0.39, 0.29) is 18.5 Å². The van der Waals surface area contributed by atoms with E-state index in [1.54, 1.807) is 40.6 Å². The van der Waals surface area contributed by atoms with Crippen LogP contribution in [0.2, 0.25) is 5.02 Å². The van der Waals surface area contributed by atoms with E-state index >= 15 is 0 Å². The Bertz CT molecular complexity index is 1000. The number of carbonyl (C=O) groups is 1. The number of halogens is 1. The summed E-state index contributed by atoms with van der Waals surface area (Å²) in [5, 5.41) is 16.3. The molecule has 0 radical (unpaired) electrons. The summed E-state index contributed by atoms with van der Waals surface area (Å²) in [6, 6.07) is 10.7. The summed E-state index contributed by atoms with van der Waals surface area (Å²) in [7, 11) is 0. The fourth-order valence-electron chi connectivity index (χ4n) is 2.91. The number of nitrogens with one attached hydrogen (secondary N) is 1. The zero-order valence-electron chi connectivity index (χ0n) is 13.6. The van der Waals surface area contributed by atoms with Crippen molar-refractivity contribution in [3.05, 3.63) is 75.4 Å². The van der Waals surface area contributed by atoms with Crippen molar-refractivity contribution in [2.75, 3.05) is 0 Å². The highest BCUT2D eigenvalue weighted by Crippen LogP contribution is 2.33. The topological polar surface area (TPSA) is 74.6 Å². The van der Waals surface area contributed by atoms with E-state index in [4.69, 9.17) is 21.4 Å². The Morgan fingerprint density at radius 3 is 2.81 bits per heavy atom. The van der Waals surface area contributed by atoms with Crippen LogP contribution in [0.15, 0.2) is 63.8 Å². The first kappa shape index (κ1) is 16.8. The fourth-order valence-corrected chi connectivity index (χ4v) is 3.63.